The van der Waals surface area contributed by atoms with Crippen molar-refractivity contribution in [1.82, 2.24) is 14.8 Å². The molecule has 168 valence electrons. The highest BCUT2D eigenvalue weighted by Gasteiger charge is 2.24. The van der Waals surface area contributed by atoms with Crippen LogP contribution in [0.15, 0.2) is 96.4 Å². The number of nitrogens with zero attached hydrogens (tertiary/aromatic N) is 4. The Labute approximate surface area is 192 Å². The number of para-hydroxylation sites is 2. The third-order valence-corrected chi connectivity index (χ3v) is 6.98. The van der Waals surface area contributed by atoms with Gasteiger partial charge in [-0.2, -0.15) is 5.10 Å². The van der Waals surface area contributed by atoms with Crippen LogP contribution in [-0.2, 0) is 16.6 Å². The highest BCUT2D eigenvalue weighted by Crippen LogP contribution is 2.24. The van der Waals surface area contributed by atoms with Crippen molar-refractivity contribution in [2.45, 2.75) is 18.4 Å². The summed E-state index contributed by atoms with van der Waals surface area (Å²) in [6.07, 6.45) is 3.04. The van der Waals surface area contributed by atoms with E-state index >= 15 is 0 Å². The minimum atomic E-state index is -3.84. The van der Waals surface area contributed by atoms with Gasteiger partial charge in [-0.05, 0) is 48.9 Å². The summed E-state index contributed by atoms with van der Waals surface area (Å²) in [5.74, 6) is -0.402. The molecule has 3 aromatic carbocycles. The number of carbonyl (C=O) groups is 1. The van der Waals surface area contributed by atoms with Gasteiger partial charge in [0.25, 0.3) is 15.9 Å². The second-order valence-electron chi connectivity index (χ2n) is 7.24. The third-order valence-electron chi connectivity index (χ3n) is 5.08. The SMILES string of the molecule is CCN(c1ccccc1)S(=O)(=O)c1cccc(C(=O)Nc2ccccc2Cn2cncn2)c1. The zero-order chi connectivity index (χ0) is 23.3. The number of benzene rings is 3. The molecule has 0 fully saturated rings. The van der Waals surface area contributed by atoms with Crippen molar-refractivity contribution in [2.24, 2.45) is 0 Å². The number of nitrogens with one attached hydrogen (secondary N) is 1. The van der Waals surface area contributed by atoms with Crippen molar-refractivity contribution in [3.8, 4) is 0 Å². The lowest BCUT2D eigenvalue weighted by molar-refractivity contribution is 0.102. The fourth-order valence-electron chi connectivity index (χ4n) is 3.47. The maximum Gasteiger partial charge on any atom is 0.264 e. The smallest absolute Gasteiger partial charge is 0.264 e. The number of carbonyl (C=O) groups excluding carboxylic acids is 1. The van der Waals surface area contributed by atoms with Crippen LogP contribution in [0.1, 0.15) is 22.8 Å². The lowest BCUT2D eigenvalue weighted by Crippen LogP contribution is -2.31. The van der Waals surface area contributed by atoms with Gasteiger partial charge in [0.1, 0.15) is 12.7 Å². The predicted octanol–water partition coefficient (Wildman–Crippen LogP) is 3.79. The maximum absolute atomic E-state index is 13.3. The van der Waals surface area contributed by atoms with E-state index in [4.69, 9.17) is 0 Å². The molecule has 4 aromatic rings. The minimum absolute atomic E-state index is 0.0525. The van der Waals surface area contributed by atoms with Crippen LogP contribution < -0.4 is 9.62 Å². The van der Waals surface area contributed by atoms with Crippen LogP contribution in [0, 0.1) is 0 Å². The molecule has 1 aromatic heterocycles. The van der Waals surface area contributed by atoms with E-state index in [0.29, 0.717) is 17.9 Å². The van der Waals surface area contributed by atoms with Crippen molar-refractivity contribution in [1.29, 1.82) is 0 Å². The average Bonchev–Trinajstić information content (AvgIpc) is 3.34. The Bertz CT molecular complexity index is 1340. The molecule has 33 heavy (non-hydrogen) atoms. The summed E-state index contributed by atoms with van der Waals surface area (Å²) in [5.41, 5.74) is 2.28. The van der Waals surface area contributed by atoms with Gasteiger partial charge in [-0.1, -0.05) is 42.5 Å². The van der Waals surface area contributed by atoms with E-state index in [1.807, 2.05) is 24.3 Å². The van der Waals surface area contributed by atoms with Crippen molar-refractivity contribution >= 4 is 27.3 Å². The van der Waals surface area contributed by atoms with Crippen LogP contribution in [0.3, 0.4) is 0 Å². The molecule has 8 nitrogen and oxygen atoms in total. The third kappa shape index (κ3) is 4.93. The molecule has 0 aliphatic heterocycles. The van der Waals surface area contributed by atoms with E-state index in [1.165, 1.54) is 22.8 Å². The molecular weight excluding hydrogens is 438 g/mol. The van der Waals surface area contributed by atoms with E-state index in [1.54, 1.807) is 60.4 Å². The van der Waals surface area contributed by atoms with Crippen molar-refractivity contribution in [3.63, 3.8) is 0 Å². The van der Waals surface area contributed by atoms with Crippen LogP contribution in [0.2, 0.25) is 0 Å². The summed E-state index contributed by atoms with van der Waals surface area (Å²) in [6, 6.07) is 22.3. The van der Waals surface area contributed by atoms with E-state index in [9.17, 15) is 13.2 Å². The molecule has 0 unspecified atom stereocenters. The van der Waals surface area contributed by atoms with Crippen molar-refractivity contribution in [2.75, 3.05) is 16.2 Å². The summed E-state index contributed by atoms with van der Waals surface area (Å²) in [4.78, 5) is 17.0. The van der Waals surface area contributed by atoms with Gasteiger partial charge >= 0.3 is 0 Å². The zero-order valence-corrected chi connectivity index (χ0v) is 18.8. The fraction of sp³-hybridized carbons (Fsp3) is 0.125. The average molecular weight is 462 g/mol. The first-order chi connectivity index (χ1) is 16.0. The van der Waals surface area contributed by atoms with Gasteiger partial charge in [-0.15, -0.1) is 0 Å². The van der Waals surface area contributed by atoms with Crippen LogP contribution in [0.5, 0.6) is 0 Å². The molecule has 1 N–H and O–H groups in total. The number of anilines is 2. The molecule has 0 radical (unpaired) electrons. The highest BCUT2D eigenvalue weighted by molar-refractivity contribution is 7.92. The maximum atomic E-state index is 13.3. The number of rotatable bonds is 8. The second-order valence-corrected chi connectivity index (χ2v) is 9.10. The molecule has 0 bridgehead atoms. The predicted molar refractivity (Wildman–Crippen MR) is 127 cm³/mol. The zero-order valence-electron chi connectivity index (χ0n) is 18.0. The molecule has 0 aliphatic carbocycles. The summed E-state index contributed by atoms with van der Waals surface area (Å²) < 4.78 is 29.6. The molecule has 4 rings (SSSR count). The molecule has 0 atom stereocenters. The van der Waals surface area contributed by atoms with Gasteiger partial charge in [0.05, 0.1) is 17.1 Å². The molecule has 1 amide bonds. The topological polar surface area (TPSA) is 97.2 Å². The summed E-state index contributed by atoms with van der Waals surface area (Å²) >= 11 is 0. The van der Waals surface area contributed by atoms with E-state index in [2.05, 4.69) is 15.4 Å². The molecule has 0 spiro atoms. The van der Waals surface area contributed by atoms with Gasteiger partial charge in [0.15, 0.2) is 0 Å². The first-order valence-corrected chi connectivity index (χ1v) is 11.8. The summed E-state index contributed by atoms with van der Waals surface area (Å²) in [6.45, 7) is 2.47. The normalized spacial score (nSPS) is 11.2. The summed E-state index contributed by atoms with van der Waals surface area (Å²) in [5, 5.41) is 6.98. The number of aromatic nitrogens is 3. The van der Waals surface area contributed by atoms with Gasteiger partial charge in [0.2, 0.25) is 0 Å². The van der Waals surface area contributed by atoms with Crippen LogP contribution in [0.25, 0.3) is 0 Å². The minimum Gasteiger partial charge on any atom is -0.322 e. The Balaban J connectivity index is 1.59. The number of sulfonamides is 1. The van der Waals surface area contributed by atoms with Gasteiger partial charge in [-0.3, -0.25) is 9.10 Å². The Morgan fingerprint density at radius 1 is 1.00 bits per heavy atom. The standard InChI is InChI=1S/C24H23N5O3S/c1-2-29(21-11-4-3-5-12-21)33(31,32)22-13-8-10-19(15-22)24(30)27-23-14-7-6-9-20(23)16-28-18-25-17-26-28/h3-15,17-18H,2,16H2,1H3,(H,27,30). The lowest BCUT2D eigenvalue weighted by Gasteiger charge is -2.23. The second kappa shape index (κ2) is 9.66. The fourth-order valence-corrected chi connectivity index (χ4v) is 4.99. The van der Waals surface area contributed by atoms with Crippen LogP contribution in [0.4, 0.5) is 11.4 Å². The first kappa shape index (κ1) is 22.2. The van der Waals surface area contributed by atoms with E-state index in [-0.39, 0.29) is 17.0 Å². The van der Waals surface area contributed by atoms with Crippen molar-refractivity contribution in [3.05, 3.63) is 103 Å². The Morgan fingerprint density at radius 2 is 1.76 bits per heavy atom. The molecular formula is C24H23N5O3S. The molecule has 0 aliphatic rings. The number of hydrogen-bond donors (Lipinski definition) is 1. The highest BCUT2D eigenvalue weighted by atomic mass is 32.2. The van der Waals surface area contributed by atoms with Gasteiger partial charge in [0, 0.05) is 17.8 Å². The van der Waals surface area contributed by atoms with Gasteiger partial charge < -0.3 is 5.32 Å². The van der Waals surface area contributed by atoms with E-state index < -0.39 is 15.9 Å². The van der Waals surface area contributed by atoms with E-state index in [0.717, 1.165) is 5.56 Å². The van der Waals surface area contributed by atoms with Crippen LogP contribution >= 0.6 is 0 Å². The van der Waals surface area contributed by atoms with Crippen LogP contribution in [-0.4, -0.2) is 35.6 Å². The molecule has 9 heteroatoms. The lowest BCUT2D eigenvalue weighted by atomic mass is 10.1. The molecule has 1 heterocycles. The molecule has 0 saturated carbocycles. The van der Waals surface area contributed by atoms with Gasteiger partial charge in [-0.25, -0.2) is 18.1 Å². The Morgan fingerprint density at radius 3 is 2.48 bits per heavy atom. The Hall–Kier alpha value is -3.98. The largest absolute Gasteiger partial charge is 0.322 e. The quantitative estimate of drug-likeness (QED) is 0.431. The Kier molecular flexibility index (Phi) is 6.50. The summed E-state index contributed by atoms with van der Waals surface area (Å²) in [7, 11) is -3.84. The van der Waals surface area contributed by atoms with Crippen molar-refractivity contribution < 1.29 is 13.2 Å². The number of amides is 1. The first-order valence-electron chi connectivity index (χ1n) is 10.4. The monoisotopic (exact) mass is 461 g/mol. The number of hydrogen-bond acceptors (Lipinski definition) is 5. The molecule has 0 saturated heterocycles.